The van der Waals surface area contributed by atoms with Crippen molar-refractivity contribution in [2.75, 3.05) is 40.0 Å². The van der Waals surface area contributed by atoms with Crippen LogP contribution in [0.3, 0.4) is 0 Å². The van der Waals surface area contributed by atoms with E-state index in [1.807, 2.05) is 6.08 Å². The van der Waals surface area contributed by atoms with Gasteiger partial charge in [0.2, 0.25) is 5.78 Å². The summed E-state index contributed by atoms with van der Waals surface area (Å²) >= 11 is 0. The second kappa shape index (κ2) is 6.86. The molecule has 28 heavy (non-hydrogen) atoms. The number of Topliss-reactive ketones (excluding diaryl/α,β-unsaturated/α-hetero) is 1. The molecule has 1 unspecified atom stereocenters. The zero-order valence-corrected chi connectivity index (χ0v) is 16.3. The molecular formula is C20H26N2O6. The Morgan fingerprint density at radius 3 is 2.93 bits per heavy atom. The minimum absolute atomic E-state index is 0.0769. The van der Waals surface area contributed by atoms with E-state index in [2.05, 4.69) is 17.0 Å². The lowest BCUT2D eigenvalue weighted by atomic mass is 9.67. The zero-order chi connectivity index (χ0) is 19.3. The van der Waals surface area contributed by atoms with Gasteiger partial charge in [0.05, 0.1) is 39.1 Å². The van der Waals surface area contributed by atoms with E-state index in [0.717, 1.165) is 32.4 Å². The molecule has 2 saturated heterocycles. The fraction of sp³-hybridized carbons (Fsp3) is 0.700. The molecule has 1 aromatic rings. The summed E-state index contributed by atoms with van der Waals surface area (Å²) in [5.41, 5.74) is -0.696. The van der Waals surface area contributed by atoms with E-state index < -0.39 is 5.60 Å². The van der Waals surface area contributed by atoms with Gasteiger partial charge in [0, 0.05) is 19.0 Å². The van der Waals surface area contributed by atoms with Gasteiger partial charge in [-0.25, -0.2) is 0 Å². The molecule has 1 aromatic heterocycles. The van der Waals surface area contributed by atoms with Crippen molar-refractivity contribution in [2.24, 2.45) is 5.92 Å². The third kappa shape index (κ3) is 2.41. The Morgan fingerprint density at radius 2 is 2.18 bits per heavy atom. The minimum atomic E-state index is -1.11. The maximum absolute atomic E-state index is 13.7. The molecule has 152 valence electrons. The van der Waals surface area contributed by atoms with Gasteiger partial charge in [-0.1, -0.05) is 13.3 Å². The van der Waals surface area contributed by atoms with Crippen LogP contribution in [0.15, 0.2) is 16.4 Å². The number of unbranched alkanes of at least 4 members (excludes halogenated alkanes) is 1. The number of hydrogen-bond acceptors (Lipinski definition) is 8. The van der Waals surface area contributed by atoms with E-state index in [4.69, 9.17) is 23.5 Å². The molecule has 0 saturated carbocycles. The summed E-state index contributed by atoms with van der Waals surface area (Å²) in [5, 5.41) is 4.13. The van der Waals surface area contributed by atoms with Gasteiger partial charge in [0.15, 0.2) is 11.4 Å². The summed E-state index contributed by atoms with van der Waals surface area (Å²) in [6.45, 7) is 5.45. The number of methoxy groups -OCH3 is 1. The van der Waals surface area contributed by atoms with Crippen LogP contribution in [0.2, 0.25) is 0 Å². The maximum Gasteiger partial charge on any atom is 0.265 e. The highest BCUT2D eigenvalue weighted by molar-refractivity contribution is 6.09. The van der Waals surface area contributed by atoms with E-state index in [9.17, 15) is 4.79 Å². The van der Waals surface area contributed by atoms with Crippen molar-refractivity contribution in [3.8, 4) is 5.88 Å². The molecule has 0 radical (unpaired) electrons. The van der Waals surface area contributed by atoms with Crippen LogP contribution in [-0.4, -0.2) is 67.6 Å². The van der Waals surface area contributed by atoms with Crippen molar-refractivity contribution in [2.45, 2.75) is 43.9 Å². The fourth-order valence-electron chi connectivity index (χ4n) is 5.08. The largest absolute Gasteiger partial charge is 0.498 e. The van der Waals surface area contributed by atoms with E-state index in [1.54, 1.807) is 7.11 Å². The Labute approximate surface area is 163 Å². The van der Waals surface area contributed by atoms with Gasteiger partial charge in [0.1, 0.15) is 11.3 Å². The van der Waals surface area contributed by atoms with Crippen molar-refractivity contribution in [1.82, 2.24) is 10.1 Å². The lowest BCUT2D eigenvalue weighted by Crippen LogP contribution is -2.55. The molecule has 1 spiro atoms. The number of nitrogens with zero attached hydrogens (tertiary/aromatic N) is 2. The summed E-state index contributed by atoms with van der Waals surface area (Å²) in [4.78, 5) is 16.0. The summed E-state index contributed by atoms with van der Waals surface area (Å²) in [6.07, 6.45) is 4.46. The molecule has 0 N–H and O–H groups in total. The average molecular weight is 390 g/mol. The van der Waals surface area contributed by atoms with Crippen LogP contribution in [0.25, 0.3) is 0 Å². The normalized spacial score (nSPS) is 34.1. The Balaban J connectivity index is 1.60. The number of morpholine rings is 1. The highest BCUT2D eigenvalue weighted by atomic mass is 16.6. The van der Waals surface area contributed by atoms with Gasteiger partial charge in [-0.2, -0.15) is 0 Å². The van der Waals surface area contributed by atoms with Gasteiger partial charge in [-0.05, 0) is 24.1 Å². The zero-order valence-electron chi connectivity index (χ0n) is 16.3. The van der Waals surface area contributed by atoms with E-state index in [0.29, 0.717) is 36.9 Å². The first kappa shape index (κ1) is 18.1. The maximum atomic E-state index is 13.7. The minimum Gasteiger partial charge on any atom is -0.498 e. The van der Waals surface area contributed by atoms with Gasteiger partial charge in [0.25, 0.3) is 5.88 Å². The summed E-state index contributed by atoms with van der Waals surface area (Å²) in [5.74, 6) is 1.24. The molecule has 0 aromatic carbocycles. The molecule has 4 atom stereocenters. The van der Waals surface area contributed by atoms with Crippen LogP contribution in [0.1, 0.15) is 48.3 Å². The lowest BCUT2D eigenvalue weighted by Gasteiger charge is -2.45. The van der Waals surface area contributed by atoms with Crippen LogP contribution in [0.5, 0.6) is 5.88 Å². The number of ether oxygens (including phenoxy) is 4. The van der Waals surface area contributed by atoms with Gasteiger partial charge in [-0.3, -0.25) is 9.69 Å². The molecule has 3 aliphatic heterocycles. The SMILES string of the molecule is CCCCOc1noc2c1C(=O)[C@]13O[C@H](C=C1OC)CC3[C@@H]2N1CCOCC1. The molecule has 0 amide bonds. The van der Waals surface area contributed by atoms with E-state index >= 15 is 0 Å². The lowest BCUT2D eigenvalue weighted by molar-refractivity contribution is -0.0551. The number of ketones is 1. The Kier molecular flexibility index (Phi) is 4.45. The van der Waals surface area contributed by atoms with Crippen LogP contribution < -0.4 is 4.74 Å². The quantitative estimate of drug-likeness (QED) is 0.683. The monoisotopic (exact) mass is 390 g/mol. The smallest absolute Gasteiger partial charge is 0.265 e. The summed E-state index contributed by atoms with van der Waals surface area (Å²) in [6, 6.07) is -0.114. The second-order valence-electron chi connectivity index (χ2n) is 7.82. The number of fused-ring (bicyclic) bond motifs is 2. The second-order valence-corrected chi connectivity index (χ2v) is 7.82. The van der Waals surface area contributed by atoms with E-state index in [1.165, 1.54) is 0 Å². The molecule has 2 fully saturated rings. The third-order valence-electron chi connectivity index (χ3n) is 6.35. The third-order valence-corrected chi connectivity index (χ3v) is 6.35. The molecule has 8 heteroatoms. The highest BCUT2D eigenvalue weighted by Crippen LogP contribution is 2.59. The van der Waals surface area contributed by atoms with Gasteiger partial charge >= 0.3 is 0 Å². The number of rotatable bonds is 6. The van der Waals surface area contributed by atoms with Gasteiger partial charge < -0.3 is 23.5 Å². The molecule has 8 nitrogen and oxygen atoms in total. The van der Waals surface area contributed by atoms with Crippen molar-refractivity contribution in [3.05, 3.63) is 23.2 Å². The van der Waals surface area contributed by atoms with Crippen molar-refractivity contribution >= 4 is 5.78 Å². The van der Waals surface area contributed by atoms with Crippen LogP contribution in [-0.2, 0) is 14.2 Å². The Bertz CT molecular complexity index is 799. The van der Waals surface area contributed by atoms with Crippen LogP contribution >= 0.6 is 0 Å². The molecule has 2 bridgehead atoms. The predicted octanol–water partition coefficient (Wildman–Crippen LogP) is 2.11. The first-order chi connectivity index (χ1) is 13.7. The first-order valence-corrected chi connectivity index (χ1v) is 10.1. The first-order valence-electron chi connectivity index (χ1n) is 10.1. The van der Waals surface area contributed by atoms with Crippen molar-refractivity contribution < 1.29 is 28.3 Å². The summed E-state index contributed by atoms with van der Waals surface area (Å²) < 4.78 is 29.0. The molecule has 1 aliphatic carbocycles. The topological polar surface area (TPSA) is 83.3 Å². The Morgan fingerprint density at radius 1 is 1.36 bits per heavy atom. The molecular weight excluding hydrogens is 364 g/mol. The van der Waals surface area contributed by atoms with Crippen LogP contribution in [0, 0.1) is 5.92 Å². The van der Waals surface area contributed by atoms with Crippen LogP contribution in [0.4, 0.5) is 0 Å². The van der Waals surface area contributed by atoms with Gasteiger partial charge in [-0.15, -0.1) is 0 Å². The number of hydrogen-bond donors (Lipinski definition) is 0. The van der Waals surface area contributed by atoms with E-state index in [-0.39, 0.29) is 29.7 Å². The average Bonchev–Trinajstić information content (AvgIpc) is 3.41. The molecule has 4 heterocycles. The number of carbonyl (C=O) groups excluding carboxylic acids is 1. The predicted molar refractivity (Wildman–Crippen MR) is 97.2 cm³/mol. The number of carbonyl (C=O) groups is 1. The van der Waals surface area contributed by atoms with Crippen molar-refractivity contribution in [3.63, 3.8) is 0 Å². The molecule has 5 rings (SSSR count). The number of aromatic nitrogens is 1. The fourth-order valence-corrected chi connectivity index (χ4v) is 5.08. The Hall–Kier alpha value is -1.90. The standard InChI is InChI=1S/C20H26N2O6/c1-3-4-7-26-19-15-17(28-21-19)16(22-5-8-25-9-6-22)13-10-12-11-14(24-2)20(13,27-12)18(15)23/h11-13,16H,3-10H2,1-2H3/t12-,13?,16-,20+/m0/s1. The van der Waals surface area contributed by atoms with Crippen molar-refractivity contribution in [1.29, 1.82) is 0 Å². The summed E-state index contributed by atoms with van der Waals surface area (Å²) in [7, 11) is 1.60. The molecule has 4 aliphatic rings. The highest BCUT2D eigenvalue weighted by Gasteiger charge is 2.68.